The van der Waals surface area contributed by atoms with Gasteiger partial charge in [-0.1, -0.05) is 65.5 Å². The monoisotopic (exact) mass is 395 g/mol. The van der Waals surface area contributed by atoms with Crippen molar-refractivity contribution in [3.63, 3.8) is 0 Å². The lowest BCUT2D eigenvalue weighted by Gasteiger charge is -2.58. The van der Waals surface area contributed by atoms with E-state index in [1.807, 2.05) is 0 Å². The van der Waals surface area contributed by atoms with Gasteiger partial charge in [-0.15, -0.1) is 0 Å². The molecule has 8 atom stereocenters. The van der Waals surface area contributed by atoms with Gasteiger partial charge >= 0.3 is 0 Å². The maximum atomic E-state index is 9.45. The summed E-state index contributed by atoms with van der Waals surface area (Å²) in [5.41, 5.74) is 2.65. The van der Waals surface area contributed by atoms with Gasteiger partial charge in [0.1, 0.15) is 0 Å². The number of rotatable bonds is 5. The van der Waals surface area contributed by atoms with Crippen molar-refractivity contribution in [3.8, 4) is 6.07 Å². The third-order valence-corrected chi connectivity index (χ3v) is 10.5. The van der Waals surface area contributed by atoms with Gasteiger partial charge in [-0.2, -0.15) is 5.26 Å². The van der Waals surface area contributed by atoms with Gasteiger partial charge < -0.3 is 0 Å². The number of fused-ring (bicyclic) bond motifs is 5. The Hall–Kier alpha value is -0.770. The SMILES string of the molecule is CC(C)CCC[C@@H](C)[C@H]1CC[C@H]2[C@@H]3CC=C4C[C@H](C#N)CC[C@]4(C)C3CC[C@]12C. The van der Waals surface area contributed by atoms with E-state index in [-0.39, 0.29) is 5.92 Å². The fourth-order valence-electron chi connectivity index (χ4n) is 8.80. The van der Waals surface area contributed by atoms with Crippen LogP contribution in [-0.2, 0) is 0 Å². The van der Waals surface area contributed by atoms with Crippen LogP contribution in [0.1, 0.15) is 105 Å². The van der Waals surface area contributed by atoms with Crippen molar-refractivity contribution in [1.82, 2.24) is 0 Å². The van der Waals surface area contributed by atoms with Gasteiger partial charge in [0, 0.05) is 0 Å². The van der Waals surface area contributed by atoms with E-state index in [1.165, 1.54) is 57.8 Å². The Morgan fingerprint density at radius 1 is 1.03 bits per heavy atom. The second kappa shape index (κ2) is 8.05. The van der Waals surface area contributed by atoms with Gasteiger partial charge in [-0.05, 0) is 97.7 Å². The molecule has 162 valence electrons. The molecule has 1 unspecified atom stereocenters. The average molecular weight is 396 g/mol. The number of hydrogen-bond donors (Lipinski definition) is 0. The van der Waals surface area contributed by atoms with Crippen LogP contribution < -0.4 is 0 Å². The van der Waals surface area contributed by atoms with Crippen molar-refractivity contribution in [2.45, 2.75) is 105 Å². The van der Waals surface area contributed by atoms with Crippen molar-refractivity contribution in [2.24, 2.45) is 52.3 Å². The minimum Gasteiger partial charge on any atom is -0.198 e. The molecule has 0 heterocycles. The van der Waals surface area contributed by atoms with Gasteiger partial charge in [0.25, 0.3) is 0 Å². The number of hydrogen-bond acceptors (Lipinski definition) is 1. The van der Waals surface area contributed by atoms with E-state index < -0.39 is 0 Å². The molecule has 1 nitrogen and oxygen atoms in total. The molecule has 0 N–H and O–H groups in total. The molecule has 3 fully saturated rings. The first-order valence-electron chi connectivity index (χ1n) is 12.9. The molecule has 0 saturated heterocycles. The predicted octanol–water partition coefficient (Wildman–Crippen LogP) is 8.17. The molecule has 4 aliphatic carbocycles. The molecule has 0 aromatic heterocycles. The molecule has 0 radical (unpaired) electrons. The second-order valence-electron chi connectivity index (χ2n) is 12.4. The van der Waals surface area contributed by atoms with Gasteiger partial charge in [0.05, 0.1) is 12.0 Å². The van der Waals surface area contributed by atoms with E-state index in [9.17, 15) is 5.26 Å². The van der Waals surface area contributed by atoms with Crippen molar-refractivity contribution < 1.29 is 0 Å². The minimum atomic E-state index is 0.280. The average Bonchev–Trinajstić information content (AvgIpc) is 3.04. The van der Waals surface area contributed by atoms with Gasteiger partial charge in [0.2, 0.25) is 0 Å². The summed E-state index contributed by atoms with van der Waals surface area (Å²) in [5, 5.41) is 9.45. The number of nitrogens with zero attached hydrogens (tertiary/aromatic N) is 1. The van der Waals surface area contributed by atoms with Crippen LogP contribution in [0.25, 0.3) is 0 Å². The van der Waals surface area contributed by atoms with Gasteiger partial charge in [-0.25, -0.2) is 0 Å². The van der Waals surface area contributed by atoms with Crippen LogP contribution in [0.3, 0.4) is 0 Å². The molecule has 4 aliphatic rings. The summed E-state index contributed by atoms with van der Waals surface area (Å²) in [6, 6.07) is 2.57. The highest BCUT2D eigenvalue weighted by molar-refractivity contribution is 5.26. The first-order valence-corrected chi connectivity index (χ1v) is 12.9. The largest absolute Gasteiger partial charge is 0.198 e. The zero-order chi connectivity index (χ0) is 20.8. The van der Waals surface area contributed by atoms with E-state index in [1.54, 1.807) is 5.57 Å². The molecule has 3 saturated carbocycles. The first-order chi connectivity index (χ1) is 13.8. The summed E-state index contributed by atoms with van der Waals surface area (Å²) in [4.78, 5) is 0. The highest BCUT2D eigenvalue weighted by atomic mass is 14.6. The molecular weight excluding hydrogens is 350 g/mol. The lowest BCUT2D eigenvalue weighted by molar-refractivity contribution is -0.0515. The molecule has 0 aliphatic heterocycles. The van der Waals surface area contributed by atoms with E-state index in [2.05, 4.69) is 46.8 Å². The van der Waals surface area contributed by atoms with Gasteiger partial charge in [0.15, 0.2) is 0 Å². The minimum absolute atomic E-state index is 0.280. The van der Waals surface area contributed by atoms with Crippen LogP contribution in [0.4, 0.5) is 0 Å². The van der Waals surface area contributed by atoms with Gasteiger partial charge in [-0.3, -0.25) is 0 Å². The summed E-state index contributed by atoms with van der Waals surface area (Å²) >= 11 is 0. The fourth-order valence-corrected chi connectivity index (χ4v) is 8.80. The Balaban J connectivity index is 1.49. The van der Waals surface area contributed by atoms with Crippen LogP contribution in [0, 0.1) is 63.6 Å². The third-order valence-electron chi connectivity index (χ3n) is 10.5. The van der Waals surface area contributed by atoms with E-state index in [4.69, 9.17) is 0 Å². The first kappa shape index (κ1) is 21.5. The summed E-state index contributed by atoms with van der Waals surface area (Å²) in [6.45, 7) is 12.6. The highest BCUT2D eigenvalue weighted by Crippen LogP contribution is 2.67. The third kappa shape index (κ3) is 3.62. The molecule has 4 rings (SSSR count). The lowest BCUT2D eigenvalue weighted by atomic mass is 9.46. The van der Waals surface area contributed by atoms with Crippen LogP contribution in [0.5, 0.6) is 0 Å². The Labute approximate surface area is 180 Å². The number of allylic oxidation sites excluding steroid dienone is 2. The van der Waals surface area contributed by atoms with E-state index in [0.29, 0.717) is 10.8 Å². The smallest absolute Gasteiger partial charge is 0.0659 e. The van der Waals surface area contributed by atoms with Crippen molar-refractivity contribution in [1.29, 1.82) is 5.26 Å². The number of nitriles is 1. The maximum absolute atomic E-state index is 9.45. The Morgan fingerprint density at radius 2 is 1.83 bits per heavy atom. The molecule has 0 bridgehead atoms. The van der Waals surface area contributed by atoms with Crippen LogP contribution >= 0.6 is 0 Å². The maximum Gasteiger partial charge on any atom is 0.0659 e. The Kier molecular flexibility index (Phi) is 5.96. The van der Waals surface area contributed by atoms with Crippen LogP contribution in [0.2, 0.25) is 0 Å². The molecule has 1 heteroatoms. The summed E-state index contributed by atoms with van der Waals surface area (Å²) in [7, 11) is 0. The van der Waals surface area contributed by atoms with E-state index in [0.717, 1.165) is 48.3 Å². The normalized spacial score (nSPS) is 45.0. The highest BCUT2D eigenvalue weighted by Gasteiger charge is 2.59. The Morgan fingerprint density at radius 3 is 2.55 bits per heavy atom. The topological polar surface area (TPSA) is 23.8 Å². The summed E-state index contributed by atoms with van der Waals surface area (Å²) in [5.74, 6) is 5.73. The van der Waals surface area contributed by atoms with Crippen molar-refractivity contribution in [3.05, 3.63) is 11.6 Å². The zero-order valence-electron chi connectivity index (χ0n) is 19.8. The fraction of sp³-hybridized carbons (Fsp3) is 0.893. The van der Waals surface area contributed by atoms with Crippen LogP contribution in [0.15, 0.2) is 11.6 Å². The molecule has 0 aromatic rings. The van der Waals surface area contributed by atoms with E-state index >= 15 is 0 Å². The van der Waals surface area contributed by atoms with Crippen molar-refractivity contribution >= 4 is 0 Å². The quantitative estimate of drug-likeness (QED) is 0.431. The molecule has 0 aromatic carbocycles. The predicted molar refractivity (Wildman–Crippen MR) is 122 cm³/mol. The summed E-state index contributed by atoms with van der Waals surface area (Å²) in [6.07, 6.45) is 17.5. The molecule has 0 amide bonds. The Bertz CT molecular complexity index is 668. The second-order valence-corrected chi connectivity index (χ2v) is 12.4. The van der Waals surface area contributed by atoms with Crippen LogP contribution in [-0.4, -0.2) is 0 Å². The molecular formula is C28H45N. The zero-order valence-corrected chi connectivity index (χ0v) is 19.8. The molecule has 29 heavy (non-hydrogen) atoms. The lowest BCUT2D eigenvalue weighted by Crippen LogP contribution is -2.50. The summed E-state index contributed by atoms with van der Waals surface area (Å²) < 4.78 is 0. The standard InChI is InChI=1S/C28H45N/c1-19(2)7-6-8-20(3)24-11-12-25-23-10-9-22-17-21(18-29)13-15-27(22,4)26(23)14-16-28(24,25)5/h9,19-21,23-26H,6-8,10-17H2,1-5H3/t20-,21-,23+,24-,25+,26?,27+,28-/m1/s1. The molecule has 0 spiro atoms. The van der Waals surface area contributed by atoms with Crippen molar-refractivity contribution in [2.75, 3.05) is 0 Å².